The van der Waals surface area contributed by atoms with Crippen molar-refractivity contribution in [1.29, 1.82) is 0 Å². The number of amides is 1. The maximum Gasteiger partial charge on any atom is 0.261 e. The molecule has 152 valence electrons. The van der Waals surface area contributed by atoms with E-state index in [1.165, 1.54) is 5.56 Å². The highest BCUT2D eigenvalue weighted by Crippen LogP contribution is 2.32. The molecule has 2 aromatic carbocycles. The standard InChI is InChI=1S/C23H27N3O3/c1-15(2)22-19(14-24-26(22)17-9-7-16(3)8-10-17)23(27)25(4)18-11-12-20(28-5)21(13-18)29-6/h7-15H,1-6H3. The molecule has 0 aliphatic carbocycles. The molecule has 1 amide bonds. The van der Waals surface area contributed by atoms with Gasteiger partial charge in [-0.2, -0.15) is 5.10 Å². The summed E-state index contributed by atoms with van der Waals surface area (Å²) in [6.45, 7) is 6.17. The molecule has 0 saturated carbocycles. The number of hydrogen-bond donors (Lipinski definition) is 0. The Balaban J connectivity index is 2.00. The highest BCUT2D eigenvalue weighted by atomic mass is 16.5. The van der Waals surface area contributed by atoms with Crippen LogP contribution in [-0.4, -0.2) is 37.0 Å². The SMILES string of the molecule is COc1ccc(N(C)C(=O)c2cnn(-c3ccc(C)cc3)c2C(C)C)cc1OC. The zero-order chi connectivity index (χ0) is 21.1. The maximum absolute atomic E-state index is 13.3. The van der Waals surface area contributed by atoms with E-state index < -0.39 is 0 Å². The number of benzene rings is 2. The summed E-state index contributed by atoms with van der Waals surface area (Å²) >= 11 is 0. The van der Waals surface area contributed by atoms with Crippen LogP contribution in [0.15, 0.2) is 48.7 Å². The van der Waals surface area contributed by atoms with Crippen LogP contribution in [0.25, 0.3) is 5.69 Å². The topological polar surface area (TPSA) is 56.6 Å². The average molecular weight is 393 g/mol. The van der Waals surface area contributed by atoms with Crippen LogP contribution in [0.4, 0.5) is 5.69 Å². The molecule has 0 unspecified atom stereocenters. The van der Waals surface area contributed by atoms with Crippen LogP contribution in [0.2, 0.25) is 0 Å². The van der Waals surface area contributed by atoms with E-state index in [2.05, 4.69) is 18.9 Å². The molecular formula is C23H27N3O3. The average Bonchev–Trinajstić information content (AvgIpc) is 3.18. The molecule has 0 atom stereocenters. The lowest BCUT2D eigenvalue weighted by Gasteiger charge is -2.20. The van der Waals surface area contributed by atoms with Crippen molar-refractivity contribution >= 4 is 11.6 Å². The Hall–Kier alpha value is -3.28. The second kappa shape index (κ2) is 8.39. The van der Waals surface area contributed by atoms with Gasteiger partial charge >= 0.3 is 0 Å². The fourth-order valence-corrected chi connectivity index (χ4v) is 3.30. The molecule has 29 heavy (non-hydrogen) atoms. The third kappa shape index (κ3) is 3.97. The zero-order valence-corrected chi connectivity index (χ0v) is 17.8. The molecule has 3 rings (SSSR count). The molecular weight excluding hydrogens is 366 g/mol. The van der Waals surface area contributed by atoms with Gasteiger partial charge in [0.1, 0.15) is 0 Å². The number of aryl methyl sites for hydroxylation is 1. The Morgan fingerprint density at radius 3 is 2.28 bits per heavy atom. The maximum atomic E-state index is 13.3. The van der Waals surface area contributed by atoms with Crippen molar-refractivity contribution in [2.45, 2.75) is 26.7 Å². The molecule has 3 aromatic rings. The van der Waals surface area contributed by atoms with Crippen LogP contribution >= 0.6 is 0 Å². The van der Waals surface area contributed by atoms with Gasteiger partial charge < -0.3 is 14.4 Å². The molecule has 6 heteroatoms. The van der Waals surface area contributed by atoms with Crippen molar-refractivity contribution in [3.05, 3.63) is 65.5 Å². The fourth-order valence-electron chi connectivity index (χ4n) is 3.30. The Labute approximate surface area is 171 Å². The van der Waals surface area contributed by atoms with Crippen molar-refractivity contribution in [3.63, 3.8) is 0 Å². The minimum absolute atomic E-state index is 0.122. The second-order valence-electron chi connectivity index (χ2n) is 7.25. The first-order valence-corrected chi connectivity index (χ1v) is 9.52. The monoisotopic (exact) mass is 393 g/mol. The molecule has 0 spiro atoms. The summed E-state index contributed by atoms with van der Waals surface area (Å²) in [6, 6.07) is 13.5. The minimum Gasteiger partial charge on any atom is -0.493 e. The summed E-state index contributed by atoms with van der Waals surface area (Å²) in [6.07, 6.45) is 1.65. The number of hydrogen-bond acceptors (Lipinski definition) is 4. The summed E-state index contributed by atoms with van der Waals surface area (Å²) in [5.74, 6) is 1.19. The summed E-state index contributed by atoms with van der Waals surface area (Å²) in [5.41, 5.74) is 4.29. The predicted octanol–water partition coefficient (Wildman–Crippen LogP) is 4.60. The molecule has 0 aliphatic heterocycles. The molecule has 0 saturated heterocycles. The van der Waals surface area contributed by atoms with E-state index in [-0.39, 0.29) is 11.8 Å². The Bertz CT molecular complexity index is 1010. The molecule has 6 nitrogen and oxygen atoms in total. The molecule has 0 radical (unpaired) electrons. The number of rotatable bonds is 6. The number of nitrogens with zero attached hydrogens (tertiary/aromatic N) is 3. The number of methoxy groups -OCH3 is 2. The van der Waals surface area contributed by atoms with Gasteiger partial charge in [0.2, 0.25) is 0 Å². The van der Waals surface area contributed by atoms with Gasteiger partial charge in [-0.1, -0.05) is 31.5 Å². The second-order valence-corrected chi connectivity index (χ2v) is 7.25. The van der Waals surface area contributed by atoms with Crippen LogP contribution in [0.5, 0.6) is 11.5 Å². The van der Waals surface area contributed by atoms with E-state index in [0.717, 1.165) is 11.4 Å². The minimum atomic E-state index is -0.126. The van der Waals surface area contributed by atoms with E-state index in [1.54, 1.807) is 44.5 Å². The largest absolute Gasteiger partial charge is 0.493 e. The number of aromatic nitrogens is 2. The van der Waals surface area contributed by atoms with Gasteiger partial charge in [-0.15, -0.1) is 0 Å². The van der Waals surface area contributed by atoms with Gasteiger partial charge in [0.25, 0.3) is 5.91 Å². The molecule has 0 fully saturated rings. The van der Waals surface area contributed by atoms with Crippen LogP contribution in [0.1, 0.15) is 41.4 Å². The van der Waals surface area contributed by atoms with Gasteiger partial charge in [0.05, 0.1) is 37.4 Å². The lowest BCUT2D eigenvalue weighted by atomic mass is 10.0. The lowest BCUT2D eigenvalue weighted by molar-refractivity contribution is 0.0991. The number of carbonyl (C=O) groups excluding carboxylic acids is 1. The Morgan fingerprint density at radius 2 is 1.69 bits per heavy atom. The first kappa shape index (κ1) is 20.5. The van der Waals surface area contributed by atoms with Crippen LogP contribution in [0, 0.1) is 6.92 Å². The number of carbonyl (C=O) groups is 1. The van der Waals surface area contributed by atoms with Gasteiger partial charge in [-0.3, -0.25) is 4.79 Å². The summed E-state index contributed by atoms with van der Waals surface area (Å²) in [4.78, 5) is 14.9. The van der Waals surface area contributed by atoms with Gasteiger partial charge in [0.15, 0.2) is 11.5 Å². The van der Waals surface area contributed by atoms with Crippen molar-refractivity contribution in [2.75, 3.05) is 26.2 Å². The third-order valence-corrected chi connectivity index (χ3v) is 4.92. The highest BCUT2D eigenvalue weighted by molar-refractivity contribution is 6.06. The van der Waals surface area contributed by atoms with E-state index in [1.807, 2.05) is 41.9 Å². The van der Waals surface area contributed by atoms with Crippen molar-refractivity contribution in [1.82, 2.24) is 9.78 Å². The predicted molar refractivity (Wildman–Crippen MR) is 115 cm³/mol. The first-order valence-electron chi connectivity index (χ1n) is 9.52. The molecule has 1 heterocycles. The van der Waals surface area contributed by atoms with Gasteiger partial charge in [0, 0.05) is 18.8 Å². The highest BCUT2D eigenvalue weighted by Gasteiger charge is 2.24. The van der Waals surface area contributed by atoms with Crippen LogP contribution in [-0.2, 0) is 0 Å². The van der Waals surface area contributed by atoms with E-state index >= 15 is 0 Å². The number of anilines is 1. The van der Waals surface area contributed by atoms with E-state index in [9.17, 15) is 4.79 Å². The van der Waals surface area contributed by atoms with Crippen molar-refractivity contribution in [3.8, 4) is 17.2 Å². The number of ether oxygens (including phenoxy) is 2. The first-order chi connectivity index (χ1) is 13.9. The van der Waals surface area contributed by atoms with Gasteiger partial charge in [-0.25, -0.2) is 4.68 Å². The molecule has 0 aliphatic rings. The molecule has 0 N–H and O–H groups in total. The van der Waals surface area contributed by atoms with E-state index in [0.29, 0.717) is 22.7 Å². The zero-order valence-electron chi connectivity index (χ0n) is 17.8. The van der Waals surface area contributed by atoms with Crippen molar-refractivity contribution < 1.29 is 14.3 Å². The Kier molecular flexibility index (Phi) is 5.92. The molecule has 1 aromatic heterocycles. The normalized spacial score (nSPS) is 10.9. The summed E-state index contributed by atoms with van der Waals surface area (Å²) in [7, 11) is 4.91. The summed E-state index contributed by atoms with van der Waals surface area (Å²) < 4.78 is 12.5. The summed E-state index contributed by atoms with van der Waals surface area (Å²) in [5, 5.41) is 4.52. The Morgan fingerprint density at radius 1 is 1.03 bits per heavy atom. The quantitative estimate of drug-likeness (QED) is 0.614. The van der Waals surface area contributed by atoms with Crippen LogP contribution in [0.3, 0.4) is 0 Å². The fraction of sp³-hybridized carbons (Fsp3) is 0.304. The lowest BCUT2D eigenvalue weighted by Crippen LogP contribution is -2.27. The van der Waals surface area contributed by atoms with Crippen LogP contribution < -0.4 is 14.4 Å². The van der Waals surface area contributed by atoms with Gasteiger partial charge in [-0.05, 0) is 37.1 Å². The van der Waals surface area contributed by atoms with Crippen molar-refractivity contribution in [2.24, 2.45) is 0 Å². The smallest absolute Gasteiger partial charge is 0.261 e. The third-order valence-electron chi connectivity index (χ3n) is 4.92. The molecule has 0 bridgehead atoms. The van der Waals surface area contributed by atoms with E-state index in [4.69, 9.17) is 9.47 Å².